The van der Waals surface area contributed by atoms with E-state index in [9.17, 15) is 36.9 Å². The van der Waals surface area contributed by atoms with Crippen LogP contribution in [0.5, 0.6) is 0 Å². The zero-order valence-electron chi connectivity index (χ0n) is 31.6. The van der Waals surface area contributed by atoms with Gasteiger partial charge in [0.1, 0.15) is 11.7 Å². The molecule has 1 aromatic heterocycles. The molecule has 61 heavy (non-hydrogen) atoms. The highest BCUT2D eigenvalue weighted by molar-refractivity contribution is 6.16. The number of hydrogen-bond acceptors (Lipinski definition) is 5. The number of halogens is 6. The first-order valence-corrected chi connectivity index (χ1v) is 18.9. The zero-order chi connectivity index (χ0) is 42.5. The van der Waals surface area contributed by atoms with Gasteiger partial charge in [0.05, 0.1) is 39.9 Å². The van der Waals surface area contributed by atoms with E-state index in [1.807, 2.05) is 108 Å². The SMILES string of the molecule is N#Cc1cc(C#N)cc(-c2ccc3c(c2)c2ccccc2n3-c2ccc(=C3C=C(C(F)(F)F)C=C(C(F)(F)F)C3)c(=C3N=C(c4ccccc4)N=C(c4ccccc4)N3)c2)c1. The van der Waals surface area contributed by atoms with Crippen molar-refractivity contribution in [2.45, 2.75) is 18.8 Å². The molecule has 6 aromatic carbocycles. The maximum Gasteiger partial charge on any atom is 0.416 e. The number of nitrogens with zero attached hydrogens (tertiary/aromatic N) is 5. The lowest BCUT2D eigenvalue weighted by Crippen LogP contribution is -2.38. The van der Waals surface area contributed by atoms with Crippen molar-refractivity contribution in [3.05, 3.63) is 196 Å². The molecule has 0 spiro atoms. The molecule has 0 saturated heterocycles. The Morgan fingerprint density at radius 1 is 0.557 bits per heavy atom. The number of nitrogens with one attached hydrogen (secondary N) is 1. The van der Waals surface area contributed by atoms with Gasteiger partial charge in [-0.3, -0.25) is 0 Å². The summed E-state index contributed by atoms with van der Waals surface area (Å²) in [6.07, 6.45) is -9.95. The molecule has 0 amide bonds. The smallest absolute Gasteiger partial charge is 0.324 e. The summed E-state index contributed by atoms with van der Waals surface area (Å²) in [7, 11) is 0. The van der Waals surface area contributed by atoms with Crippen LogP contribution in [0.4, 0.5) is 26.3 Å². The van der Waals surface area contributed by atoms with Crippen LogP contribution < -0.4 is 15.8 Å². The Balaban J connectivity index is 1.35. The molecule has 1 aliphatic heterocycles. The molecular weight excluding hydrogens is 787 g/mol. The number of para-hydroxylation sites is 1. The van der Waals surface area contributed by atoms with E-state index in [0.29, 0.717) is 39.3 Å². The third kappa shape index (κ3) is 7.36. The minimum Gasteiger partial charge on any atom is -0.324 e. The van der Waals surface area contributed by atoms with Gasteiger partial charge < -0.3 is 9.88 Å². The van der Waals surface area contributed by atoms with E-state index in [1.54, 1.807) is 24.3 Å². The van der Waals surface area contributed by atoms with Crippen LogP contribution in [0.2, 0.25) is 0 Å². The van der Waals surface area contributed by atoms with Gasteiger partial charge in [-0.1, -0.05) is 91.0 Å². The molecule has 6 nitrogen and oxygen atoms in total. The Morgan fingerprint density at radius 2 is 1.21 bits per heavy atom. The van der Waals surface area contributed by atoms with Crippen LogP contribution in [-0.2, 0) is 0 Å². The number of rotatable bonds is 4. The monoisotopic (exact) mass is 814 g/mol. The molecule has 296 valence electrons. The summed E-state index contributed by atoms with van der Waals surface area (Å²) in [6, 6.07) is 45.6. The van der Waals surface area contributed by atoms with Gasteiger partial charge in [0.25, 0.3) is 0 Å². The second kappa shape index (κ2) is 15.0. The molecule has 12 heteroatoms. The van der Waals surface area contributed by atoms with Crippen molar-refractivity contribution in [3.63, 3.8) is 0 Å². The van der Waals surface area contributed by atoms with Crippen LogP contribution >= 0.6 is 0 Å². The lowest BCUT2D eigenvalue weighted by atomic mass is 9.92. The number of fused-ring (bicyclic) bond motifs is 3. The molecule has 0 fully saturated rings. The van der Waals surface area contributed by atoms with E-state index >= 15 is 0 Å². The number of aromatic nitrogens is 1. The maximum absolute atomic E-state index is 14.3. The van der Waals surface area contributed by atoms with Gasteiger partial charge in [0.2, 0.25) is 0 Å². The number of alkyl halides is 6. The van der Waals surface area contributed by atoms with Crippen LogP contribution in [0, 0.1) is 22.7 Å². The fraction of sp³-hybridized carbons (Fsp3) is 0.0612. The first-order chi connectivity index (χ1) is 29.4. The standard InChI is InChI=1S/C49H28F6N6/c50-48(51,52)36-22-35(23-37(25-36)49(53,54)55)39-17-16-38(26-42(39)47-59-45(31-9-3-1-4-10-31)58-46(60-47)32-11-5-2-6-12-32)61-43-14-8-7-13-40(43)41-24-33(15-18-44(41)61)34-20-29(27-56)19-30(21-34)28-57/h1-22,24-26H,23H2,(H,58,59,60). The Labute approximate surface area is 344 Å². The van der Waals surface area contributed by atoms with Gasteiger partial charge in [0, 0.05) is 44.8 Å². The largest absolute Gasteiger partial charge is 0.416 e. The summed E-state index contributed by atoms with van der Waals surface area (Å²) >= 11 is 0. The third-order valence-corrected chi connectivity index (χ3v) is 10.5. The summed E-state index contributed by atoms with van der Waals surface area (Å²) in [4.78, 5) is 9.70. The molecule has 0 unspecified atom stereocenters. The van der Waals surface area contributed by atoms with Crippen molar-refractivity contribution in [2.75, 3.05) is 0 Å². The highest BCUT2D eigenvalue weighted by Gasteiger charge is 2.41. The number of hydrogen-bond donors (Lipinski definition) is 1. The molecule has 2 heterocycles. The number of aliphatic imine (C=N–C) groups is 2. The Hall–Kier alpha value is -7.96. The van der Waals surface area contributed by atoms with Gasteiger partial charge in [-0.15, -0.1) is 0 Å². The van der Waals surface area contributed by atoms with Crippen LogP contribution in [0.15, 0.2) is 173 Å². The topological polar surface area (TPSA) is 89.3 Å². The van der Waals surface area contributed by atoms with Gasteiger partial charge in [-0.05, 0) is 82.6 Å². The molecule has 0 saturated carbocycles. The van der Waals surface area contributed by atoms with E-state index in [0.717, 1.165) is 33.4 Å². The predicted octanol–water partition coefficient (Wildman–Crippen LogP) is 10.3. The summed E-state index contributed by atoms with van der Waals surface area (Å²) in [5.41, 5.74) is 2.54. The Bertz CT molecular complexity index is 3250. The minimum absolute atomic E-state index is 0.113. The van der Waals surface area contributed by atoms with E-state index < -0.39 is 29.9 Å². The van der Waals surface area contributed by atoms with Crippen molar-refractivity contribution >= 4 is 44.9 Å². The Morgan fingerprint density at radius 3 is 1.89 bits per heavy atom. The van der Waals surface area contributed by atoms with Gasteiger partial charge in [-0.25, -0.2) is 9.98 Å². The summed E-state index contributed by atoms with van der Waals surface area (Å²) in [5, 5.41) is 24.6. The van der Waals surface area contributed by atoms with Crippen LogP contribution in [-0.4, -0.2) is 28.6 Å². The van der Waals surface area contributed by atoms with Gasteiger partial charge in [-0.2, -0.15) is 36.9 Å². The molecular formula is C49H28F6N6. The fourth-order valence-electron chi connectivity index (χ4n) is 7.73. The molecule has 0 radical (unpaired) electrons. The average molecular weight is 815 g/mol. The van der Waals surface area contributed by atoms with Crippen LogP contribution in [0.25, 0.3) is 50.0 Å². The highest BCUT2D eigenvalue weighted by Crippen LogP contribution is 2.40. The van der Waals surface area contributed by atoms with Crippen molar-refractivity contribution in [3.8, 4) is 29.0 Å². The first kappa shape index (κ1) is 38.6. The van der Waals surface area contributed by atoms with Gasteiger partial charge >= 0.3 is 12.4 Å². The second-order valence-corrected chi connectivity index (χ2v) is 14.4. The zero-order valence-corrected chi connectivity index (χ0v) is 31.6. The van der Waals surface area contributed by atoms with E-state index in [4.69, 9.17) is 9.98 Å². The number of amidine groups is 2. The lowest BCUT2D eigenvalue weighted by Gasteiger charge is -2.21. The molecule has 1 N–H and O–H groups in total. The van der Waals surface area contributed by atoms with Crippen molar-refractivity contribution in [1.82, 2.24) is 9.88 Å². The molecule has 1 aliphatic carbocycles. The first-order valence-electron chi connectivity index (χ1n) is 18.9. The molecule has 9 rings (SSSR count). The van der Waals surface area contributed by atoms with E-state index in [2.05, 4.69) is 17.5 Å². The van der Waals surface area contributed by atoms with E-state index in [-0.39, 0.29) is 33.7 Å². The third-order valence-electron chi connectivity index (χ3n) is 10.5. The predicted molar refractivity (Wildman–Crippen MR) is 224 cm³/mol. The van der Waals surface area contributed by atoms with Crippen LogP contribution in [0.1, 0.15) is 28.7 Å². The van der Waals surface area contributed by atoms with Gasteiger partial charge in [0.15, 0.2) is 5.84 Å². The van der Waals surface area contributed by atoms with Crippen molar-refractivity contribution < 1.29 is 26.3 Å². The summed E-state index contributed by atoms with van der Waals surface area (Å²) in [5.74, 6) is 0.821. The van der Waals surface area contributed by atoms with E-state index in [1.165, 1.54) is 12.1 Å². The fourth-order valence-corrected chi connectivity index (χ4v) is 7.73. The molecule has 7 aromatic rings. The number of benzene rings is 6. The number of allylic oxidation sites excluding steroid dienone is 4. The molecule has 2 aliphatic rings. The summed E-state index contributed by atoms with van der Waals surface area (Å²) in [6.45, 7) is 0. The quantitative estimate of drug-likeness (QED) is 0.180. The maximum atomic E-state index is 14.3. The second-order valence-electron chi connectivity index (χ2n) is 14.4. The average Bonchev–Trinajstić information content (AvgIpc) is 3.62. The van der Waals surface area contributed by atoms with Crippen LogP contribution in [0.3, 0.4) is 0 Å². The lowest BCUT2D eigenvalue weighted by molar-refractivity contribution is -0.0970. The normalized spacial score (nSPS) is 16.2. The number of nitriles is 2. The van der Waals surface area contributed by atoms with Crippen molar-refractivity contribution in [1.29, 1.82) is 10.5 Å². The minimum atomic E-state index is -5.06. The Kier molecular flexibility index (Phi) is 9.49. The van der Waals surface area contributed by atoms with Crippen molar-refractivity contribution in [2.24, 2.45) is 9.98 Å². The molecule has 0 bridgehead atoms. The highest BCUT2D eigenvalue weighted by atomic mass is 19.4. The molecule has 0 atom stereocenters. The summed E-state index contributed by atoms with van der Waals surface area (Å²) < 4.78 is 87.8.